The van der Waals surface area contributed by atoms with Crippen molar-refractivity contribution in [1.29, 1.82) is 10.8 Å². The van der Waals surface area contributed by atoms with Crippen LogP contribution in [-0.4, -0.2) is 51.5 Å². The molecule has 0 saturated carbocycles. The first-order valence-electron chi connectivity index (χ1n) is 9.83. The summed E-state index contributed by atoms with van der Waals surface area (Å²) < 4.78 is 5.18. The van der Waals surface area contributed by atoms with E-state index in [1.807, 2.05) is 18.2 Å². The predicted octanol–water partition coefficient (Wildman–Crippen LogP) is 2.91. The number of nitrogens with zero attached hydrogens (tertiary/aromatic N) is 2. The molecule has 3 rings (SSSR count). The molecule has 9 heteroatoms. The van der Waals surface area contributed by atoms with E-state index in [9.17, 15) is 9.90 Å². The van der Waals surface area contributed by atoms with Gasteiger partial charge in [0, 0.05) is 42.2 Å². The molecule has 0 bridgehead atoms. The van der Waals surface area contributed by atoms with E-state index in [2.05, 4.69) is 20.6 Å². The number of Topliss-reactive ketones (excluding diaryl/α,β-unsaturated/α-hetero) is 1. The quantitative estimate of drug-likeness (QED) is 0.287. The van der Waals surface area contributed by atoms with Gasteiger partial charge in [-0.05, 0) is 30.0 Å². The molecule has 1 aliphatic rings. The summed E-state index contributed by atoms with van der Waals surface area (Å²) in [5.41, 5.74) is 0.622. The van der Waals surface area contributed by atoms with Gasteiger partial charge in [0.25, 0.3) is 0 Å². The second-order valence-electron chi connectivity index (χ2n) is 6.96. The summed E-state index contributed by atoms with van der Waals surface area (Å²) in [7, 11) is 1.50. The Morgan fingerprint density at radius 2 is 2.06 bits per heavy atom. The highest BCUT2D eigenvalue weighted by Gasteiger charge is 2.30. The third kappa shape index (κ3) is 5.45. The fraction of sp³-hybridized carbons (Fsp3) is 0.174. The number of ether oxygens (including phenoxy) is 1. The summed E-state index contributed by atoms with van der Waals surface area (Å²) in [6, 6.07) is 3.53. The van der Waals surface area contributed by atoms with Gasteiger partial charge in [0.2, 0.25) is 5.78 Å². The van der Waals surface area contributed by atoms with Crippen molar-refractivity contribution in [2.24, 2.45) is 0 Å². The molecule has 9 nitrogen and oxygen atoms in total. The van der Waals surface area contributed by atoms with Gasteiger partial charge in [-0.2, -0.15) is 0 Å². The lowest BCUT2D eigenvalue weighted by atomic mass is 9.92. The number of allylic oxidation sites excluding steroid dienone is 3. The van der Waals surface area contributed by atoms with Gasteiger partial charge in [0.05, 0.1) is 31.5 Å². The Kier molecular flexibility index (Phi) is 7.47. The van der Waals surface area contributed by atoms with Crippen LogP contribution in [0.4, 0.5) is 5.69 Å². The SMILES string of the molecule is COc1cncc(NC(C(=N)CC2C=CC=CN2)C(=O)C(=N)/C(=C\O)c2ccncc2)c1. The number of methoxy groups -OCH3 is 1. The summed E-state index contributed by atoms with van der Waals surface area (Å²) in [5.74, 6) is -0.178. The van der Waals surface area contributed by atoms with Crippen LogP contribution in [0.2, 0.25) is 0 Å². The van der Waals surface area contributed by atoms with E-state index in [1.54, 1.807) is 24.4 Å². The molecule has 2 unspecified atom stereocenters. The number of dihydropyridines is 1. The van der Waals surface area contributed by atoms with E-state index in [0.29, 0.717) is 17.0 Å². The topological polar surface area (TPSA) is 144 Å². The van der Waals surface area contributed by atoms with E-state index < -0.39 is 17.5 Å². The molecule has 5 N–H and O–H groups in total. The van der Waals surface area contributed by atoms with E-state index in [1.165, 1.54) is 31.9 Å². The van der Waals surface area contributed by atoms with Crippen molar-refractivity contribution in [2.45, 2.75) is 18.5 Å². The minimum atomic E-state index is -1.14. The van der Waals surface area contributed by atoms with Crippen molar-refractivity contribution in [3.63, 3.8) is 0 Å². The second kappa shape index (κ2) is 10.7. The molecular formula is C23H24N6O3. The number of aliphatic hydroxyl groups excluding tert-OH is 1. The molecule has 32 heavy (non-hydrogen) atoms. The molecule has 0 radical (unpaired) electrons. The zero-order valence-electron chi connectivity index (χ0n) is 17.4. The third-order valence-electron chi connectivity index (χ3n) is 4.81. The van der Waals surface area contributed by atoms with Crippen LogP contribution >= 0.6 is 0 Å². The van der Waals surface area contributed by atoms with Gasteiger partial charge in [0.15, 0.2) is 0 Å². The van der Waals surface area contributed by atoms with Crippen molar-refractivity contribution in [3.05, 3.63) is 79.2 Å². The molecule has 0 spiro atoms. The van der Waals surface area contributed by atoms with Gasteiger partial charge < -0.3 is 25.9 Å². The van der Waals surface area contributed by atoms with Gasteiger partial charge in [-0.3, -0.25) is 20.2 Å². The fourth-order valence-corrected chi connectivity index (χ4v) is 3.15. The smallest absolute Gasteiger partial charge is 0.209 e. The number of carbonyl (C=O) groups excluding carboxylic acids is 1. The van der Waals surface area contributed by atoms with Crippen molar-refractivity contribution in [3.8, 4) is 5.75 Å². The van der Waals surface area contributed by atoms with E-state index >= 15 is 0 Å². The van der Waals surface area contributed by atoms with Gasteiger partial charge in [-0.25, -0.2) is 0 Å². The number of anilines is 1. The number of nitrogens with one attached hydrogen (secondary N) is 4. The summed E-state index contributed by atoms with van der Waals surface area (Å²) >= 11 is 0. The molecule has 0 fully saturated rings. The number of ketones is 1. The van der Waals surface area contributed by atoms with Gasteiger partial charge in [-0.1, -0.05) is 12.2 Å². The van der Waals surface area contributed by atoms with Crippen LogP contribution in [-0.2, 0) is 4.79 Å². The molecule has 0 aromatic carbocycles. The Bertz CT molecular complexity index is 1080. The van der Waals surface area contributed by atoms with Gasteiger partial charge in [0.1, 0.15) is 17.5 Å². The predicted molar refractivity (Wildman–Crippen MR) is 123 cm³/mol. The first-order chi connectivity index (χ1) is 15.5. The molecule has 3 heterocycles. The maximum Gasteiger partial charge on any atom is 0.209 e. The summed E-state index contributed by atoms with van der Waals surface area (Å²) in [5, 5.41) is 33.0. The molecule has 2 aromatic rings. The third-order valence-corrected chi connectivity index (χ3v) is 4.81. The second-order valence-corrected chi connectivity index (χ2v) is 6.96. The Labute approximate surface area is 185 Å². The van der Waals surface area contributed by atoms with E-state index in [4.69, 9.17) is 15.6 Å². The number of aromatic nitrogens is 2. The van der Waals surface area contributed by atoms with E-state index in [0.717, 1.165) is 6.26 Å². The van der Waals surface area contributed by atoms with Crippen LogP contribution < -0.4 is 15.4 Å². The van der Waals surface area contributed by atoms with Crippen LogP contribution in [0.1, 0.15) is 12.0 Å². The monoisotopic (exact) mass is 432 g/mol. The van der Waals surface area contributed by atoms with Crippen molar-refractivity contribution >= 4 is 28.5 Å². The van der Waals surface area contributed by atoms with Crippen LogP contribution in [0.15, 0.2) is 73.7 Å². The van der Waals surface area contributed by atoms with Crippen LogP contribution in [0, 0.1) is 10.8 Å². The summed E-state index contributed by atoms with van der Waals surface area (Å²) in [6.45, 7) is 0. The summed E-state index contributed by atoms with van der Waals surface area (Å²) in [4.78, 5) is 21.4. The van der Waals surface area contributed by atoms with Crippen LogP contribution in [0.25, 0.3) is 5.57 Å². The van der Waals surface area contributed by atoms with Crippen LogP contribution in [0.5, 0.6) is 5.75 Å². The zero-order chi connectivity index (χ0) is 22.9. The number of rotatable bonds is 10. The number of carbonyl (C=O) groups is 1. The van der Waals surface area contributed by atoms with Gasteiger partial charge in [-0.15, -0.1) is 0 Å². The molecular weight excluding hydrogens is 408 g/mol. The maximum absolute atomic E-state index is 13.4. The lowest BCUT2D eigenvalue weighted by molar-refractivity contribution is -0.112. The Hall–Kier alpha value is -4.27. The Morgan fingerprint density at radius 3 is 2.72 bits per heavy atom. The molecule has 164 valence electrons. The highest BCUT2D eigenvalue weighted by molar-refractivity contribution is 6.58. The highest BCUT2D eigenvalue weighted by Crippen LogP contribution is 2.20. The van der Waals surface area contributed by atoms with Crippen LogP contribution in [0.3, 0.4) is 0 Å². The van der Waals surface area contributed by atoms with Crippen molar-refractivity contribution < 1.29 is 14.6 Å². The fourth-order valence-electron chi connectivity index (χ4n) is 3.15. The maximum atomic E-state index is 13.4. The number of hydrogen-bond acceptors (Lipinski definition) is 9. The molecule has 1 aliphatic heterocycles. The normalized spacial score (nSPS) is 16.0. The average Bonchev–Trinajstić information content (AvgIpc) is 2.84. The first-order valence-corrected chi connectivity index (χ1v) is 9.83. The molecule has 2 atom stereocenters. The van der Waals surface area contributed by atoms with Gasteiger partial charge >= 0.3 is 0 Å². The van der Waals surface area contributed by atoms with Crippen molar-refractivity contribution in [2.75, 3.05) is 12.4 Å². The summed E-state index contributed by atoms with van der Waals surface area (Å²) in [6.07, 6.45) is 14.4. The van der Waals surface area contributed by atoms with Crippen molar-refractivity contribution in [1.82, 2.24) is 15.3 Å². The number of hydrogen-bond donors (Lipinski definition) is 5. The minimum Gasteiger partial charge on any atom is -0.515 e. The van der Waals surface area contributed by atoms with E-state index in [-0.39, 0.29) is 23.7 Å². The number of pyridine rings is 2. The first kappa shape index (κ1) is 22.4. The number of aliphatic hydroxyl groups is 1. The Morgan fingerprint density at radius 1 is 1.28 bits per heavy atom. The zero-order valence-corrected chi connectivity index (χ0v) is 17.4. The molecule has 2 aromatic heterocycles. The molecule has 0 saturated heterocycles. The largest absolute Gasteiger partial charge is 0.515 e. The average molecular weight is 432 g/mol. The lowest BCUT2D eigenvalue weighted by Gasteiger charge is -2.24. The minimum absolute atomic E-state index is 0.0411. The Balaban J connectivity index is 1.88. The molecule has 0 amide bonds. The standard InChI is InChI=1S/C23H24N6O3/c1-32-18-10-17(12-27-13-18)29-22(20(24)11-16-4-2-3-7-28-16)23(31)21(25)19(14-30)15-5-8-26-9-6-15/h2-10,12-14,16,22,24-25,28-30H,11H2,1H3/b19-14-,24-20?,25-21?. The molecule has 0 aliphatic carbocycles. The highest BCUT2D eigenvalue weighted by atomic mass is 16.5. The lowest BCUT2D eigenvalue weighted by Crippen LogP contribution is -2.43.